The summed E-state index contributed by atoms with van der Waals surface area (Å²) in [5.41, 5.74) is 2.36. The molecule has 17 heavy (non-hydrogen) atoms. The van der Waals surface area contributed by atoms with E-state index in [0.29, 0.717) is 0 Å². The van der Waals surface area contributed by atoms with Crippen molar-refractivity contribution in [3.05, 3.63) is 50.9 Å². The summed E-state index contributed by atoms with van der Waals surface area (Å²) in [6.07, 6.45) is 1.02. The number of thiazole rings is 1. The average Bonchev–Trinajstić information content (AvgIpc) is 2.80. The number of benzene rings is 1. The van der Waals surface area contributed by atoms with Gasteiger partial charge in [-0.25, -0.2) is 4.98 Å². The molecule has 0 amide bonds. The molecule has 0 fully saturated rings. The Morgan fingerprint density at radius 3 is 2.65 bits per heavy atom. The van der Waals surface area contributed by atoms with Crippen molar-refractivity contribution in [2.45, 2.75) is 26.4 Å². The van der Waals surface area contributed by atoms with Crippen LogP contribution in [0.5, 0.6) is 0 Å². The number of halogens is 1. The van der Waals surface area contributed by atoms with Gasteiger partial charge < -0.3 is 5.32 Å². The Balaban J connectivity index is 1.81. The maximum atomic E-state index is 5.83. The Labute approximate surface area is 111 Å². The molecule has 0 saturated carbocycles. The SMILES string of the molecule is CCc1nc(CNCc2ccc(Cl)cc2)cs1. The summed E-state index contributed by atoms with van der Waals surface area (Å²) in [5.74, 6) is 0. The molecule has 90 valence electrons. The topological polar surface area (TPSA) is 24.9 Å². The Kier molecular flexibility index (Phi) is 4.54. The molecular weight excluding hydrogens is 252 g/mol. The lowest BCUT2D eigenvalue weighted by molar-refractivity contribution is 0.681. The van der Waals surface area contributed by atoms with Gasteiger partial charge in [0, 0.05) is 23.5 Å². The lowest BCUT2D eigenvalue weighted by Gasteiger charge is -2.03. The molecule has 2 nitrogen and oxygen atoms in total. The predicted octanol–water partition coefficient (Wildman–Crippen LogP) is 3.65. The van der Waals surface area contributed by atoms with Gasteiger partial charge in [-0.3, -0.25) is 0 Å². The summed E-state index contributed by atoms with van der Waals surface area (Å²) < 4.78 is 0. The van der Waals surface area contributed by atoms with Gasteiger partial charge in [-0.05, 0) is 24.1 Å². The fraction of sp³-hybridized carbons (Fsp3) is 0.308. The van der Waals surface area contributed by atoms with Crippen molar-refractivity contribution in [3.63, 3.8) is 0 Å². The van der Waals surface area contributed by atoms with E-state index >= 15 is 0 Å². The van der Waals surface area contributed by atoms with E-state index in [2.05, 4.69) is 22.6 Å². The second-order valence-electron chi connectivity index (χ2n) is 3.82. The van der Waals surface area contributed by atoms with Crippen LogP contribution in [-0.2, 0) is 19.5 Å². The molecule has 1 aromatic carbocycles. The Hall–Kier alpha value is -0.900. The molecule has 4 heteroatoms. The number of aromatic nitrogens is 1. The first kappa shape index (κ1) is 12.6. The van der Waals surface area contributed by atoms with Crippen molar-refractivity contribution in [3.8, 4) is 0 Å². The summed E-state index contributed by atoms with van der Waals surface area (Å²) >= 11 is 7.56. The highest BCUT2D eigenvalue weighted by atomic mass is 35.5. The minimum absolute atomic E-state index is 0.779. The molecule has 0 atom stereocenters. The second-order valence-corrected chi connectivity index (χ2v) is 5.20. The first-order valence-electron chi connectivity index (χ1n) is 5.66. The van der Waals surface area contributed by atoms with Gasteiger partial charge in [0.2, 0.25) is 0 Å². The highest BCUT2D eigenvalue weighted by Gasteiger charge is 1.99. The summed E-state index contributed by atoms with van der Waals surface area (Å²) in [7, 11) is 0. The lowest BCUT2D eigenvalue weighted by Crippen LogP contribution is -2.12. The van der Waals surface area contributed by atoms with Gasteiger partial charge in [0.15, 0.2) is 0 Å². The van der Waals surface area contributed by atoms with E-state index in [1.807, 2.05) is 24.3 Å². The van der Waals surface area contributed by atoms with E-state index in [-0.39, 0.29) is 0 Å². The average molecular weight is 267 g/mol. The van der Waals surface area contributed by atoms with Crippen molar-refractivity contribution in [1.82, 2.24) is 10.3 Å². The van der Waals surface area contributed by atoms with E-state index in [0.717, 1.165) is 30.2 Å². The Bertz CT molecular complexity index is 465. The highest BCUT2D eigenvalue weighted by molar-refractivity contribution is 7.09. The van der Waals surface area contributed by atoms with Crippen LogP contribution in [0.3, 0.4) is 0 Å². The van der Waals surface area contributed by atoms with Crippen LogP contribution in [0.2, 0.25) is 5.02 Å². The van der Waals surface area contributed by atoms with Crippen molar-refractivity contribution in [2.75, 3.05) is 0 Å². The van der Waals surface area contributed by atoms with Crippen LogP contribution < -0.4 is 5.32 Å². The fourth-order valence-corrected chi connectivity index (χ4v) is 2.40. The van der Waals surface area contributed by atoms with Crippen molar-refractivity contribution < 1.29 is 0 Å². The molecule has 0 aliphatic carbocycles. The largest absolute Gasteiger partial charge is 0.307 e. The molecule has 1 N–H and O–H groups in total. The molecule has 0 spiro atoms. The third-order valence-electron chi connectivity index (χ3n) is 2.45. The molecule has 0 radical (unpaired) electrons. The summed E-state index contributed by atoms with van der Waals surface area (Å²) in [6, 6.07) is 7.90. The van der Waals surface area contributed by atoms with Crippen LogP contribution in [-0.4, -0.2) is 4.98 Å². The summed E-state index contributed by atoms with van der Waals surface area (Å²) in [6.45, 7) is 3.79. The molecule has 0 saturated heterocycles. The highest BCUT2D eigenvalue weighted by Crippen LogP contribution is 2.11. The van der Waals surface area contributed by atoms with Gasteiger partial charge in [-0.2, -0.15) is 0 Å². The van der Waals surface area contributed by atoms with Crippen LogP contribution in [0.4, 0.5) is 0 Å². The Morgan fingerprint density at radius 1 is 1.24 bits per heavy atom. The van der Waals surface area contributed by atoms with Gasteiger partial charge >= 0.3 is 0 Å². The number of rotatable bonds is 5. The maximum Gasteiger partial charge on any atom is 0.0926 e. The third-order valence-corrected chi connectivity index (χ3v) is 3.74. The van der Waals surface area contributed by atoms with Gasteiger partial charge in [0.1, 0.15) is 0 Å². The Morgan fingerprint density at radius 2 is 2.00 bits per heavy atom. The smallest absolute Gasteiger partial charge is 0.0926 e. The molecule has 2 rings (SSSR count). The fourth-order valence-electron chi connectivity index (χ4n) is 1.53. The first-order chi connectivity index (χ1) is 8.28. The number of nitrogens with zero attached hydrogens (tertiary/aromatic N) is 1. The molecule has 0 aliphatic rings. The monoisotopic (exact) mass is 266 g/mol. The minimum atomic E-state index is 0.779. The summed E-state index contributed by atoms with van der Waals surface area (Å²) in [4.78, 5) is 4.51. The van der Waals surface area contributed by atoms with Crippen LogP contribution in [0.15, 0.2) is 29.6 Å². The van der Waals surface area contributed by atoms with E-state index in [1.54, 1.807) is 11.3 Å². The van der Waals surface area contributed by atoms with Gasteiger partial charge in [0.25, 0.3) is 0 Å². The van der Waals surface area contributed by atoms with Crippen molar-refractivity contribution in [2.24, 2.45) is 0 Å². The van der Waals surface area contributed by atoms with Gasteiger partial charge in [-0.15, -0.1) is 11.3 Å². The molecule has 1 aromatic heterocycles. The van der Waals surface area contributed by atoms with Crippen LogP contribution in [0, 0.1) is 0 Å². The van der Waals surface area contributed by atoms with E-state index in [1.165, 1.54) is 10.6 Å². The van der Waals surface area contributed by atoms with Crippen LogP contribution >= 0.6 is 22.9 Å². The maximum absolute atomic E-state index is 5.83. The first-order valence-corrected chi connectivity index (χ1v) is 6.92. The predicted molar refractivity (Wildman–Crippen MR) is 73.5 cm³/mol. The molecule has 0 bridgehead atoms. The molecular formula is C13H15ClN2S. The second kappa shape index (κ2) is 6.15. The third kappa shape index (κ3) is 3.80. The number of aryl methyl sites for hydroxylation is 1. The lowest BCUT2D eigenvalue weighted by atomic mass is 10.2. The van der Waals surface area contributed by atoms with E-state index in [4.69, 9.17) is 11.6 Å². The van der Waals surface area contributed by atoms with Crippen molar-refractivity contribution >= 4 is 22.9 Å². The van der Waals surface area contributed by atoms with Crippen LogP contribution in [0.25, 0.3) is 0 Å². The number of nitrogens with one attached hydrogen (secondary N) is 1. The molecule has 1 heterocycles. The van der Waals surface area contributed by atoms with Gasteiger partial charge in [0.05, 0.1) is 10.7 Å². The van der Waals surface area contributed by atoms with E-state index in [9.17, 15) is 0 Å². The zero-order chi connectivity index (χ0) is 12.1. The zero-order valence-corrected chi connectivity index (χ0v) is 11.3. The quantitative estimate of drug-likeness (QED) is 0.894. The van der Waals surface area contributed by atoms with Crippen molar-refractivity contribution in [1.29, 1.82) is 0 Å². The molecule has 0 unspecified atom stereocenters. The van der Waals surface area contributed by atoms with E-state index < -0.39 is 0 Å². The van der Waals surface area contributed by atoms with Crippen LogP contribution in [0.1, 0.15) is 23.2 Å². The molecule has 2 aromatic rings. The molecule has 0 aliphatic heterocycles. The normalized spacial score (nSPS) is 10.7. The zero-order valence-electron chi connectivity index (χ0n) is 9.74. The van der Waals surface area contributed by atoms with Gasteiger partial charge in [-0.1, -0.05) is 30.7 Å². The minimum Gasteiger partial charge on any atom is -0.307 e. The summed E-state index contributed by atoms with van der Waals surface area (Å²) in [5, 5.41) is 7.48. The number of hydrogen-bond acceptors (Lipinski definition) is 3. The number of hydrogen-bond donors (Lipinski definition) is 1. The standard InChI is InChI=1S/C13H15ClN2S/c1-2-13-16-12(9-17-13)8-15-7-10-3-5-11(14)6-4-10/h3-6,9,15H,2,7-8H2,1H3.